The van der Waals surface area contributed by atoms with Crippen LogP contribution in [0.2, 0.25) is 0 Å². The van der Waals surface area contributed by atoms with Crippen molar-refractivity contribution in [1.29, 1.82) is 0 Å². The van der Waals surface area contributed by atoms with E-state index in [1.165, 1.54) is 19.1 Å². The number of anilines is 1. The van der Waals surface area contributed by atoms with E-state index in [1.807, 2.05) is 20.8 Å². The second kappa shape index (κ2) is 6.88. The molecule has 0 radical (unpaired) electrons. The molecule has 1 amide bonds. The van der Waals surface area contributed by atoms with Gasteiger partial charge in [-0.2, -0.15) is 0 Å². The molecule has 1 unspecified atom stereocenters. The van der Waals surface area contributed by atoms with Gasteiger partial charge in [0.25, 0.3) is 0 Å². The first-order valence-corrected chi connectivity index (χ1v) is 9.27. The van der Waals surface area contributed by atoms with Gasteiger partial charge in [0.05, 0.1) is 17.1 Å². The van der Waals surface area contributed by atoms with Gasteiger partial charge in [0.2, 0.25) is 15.9 Å². The summed E-state index contributed by atoms with van der Waals surface area (Å²) in [4.78, 5) is 13.5. The van der Waals surface area contributed by atoms with E-state index in [9.17, 15) is 13.2 Å². The normalized spacial score (nSPS) is 17.8. The first-order chi connectivity index (χ1) is 10.7. The number of nitrogens with one attached hydrogen (secondary N) is 1. The Morgan fingerprint density at radius 1 is 1.43 bits per heavy atom. The van der Waals surface area contributed by atoms with E-state index in [0.717, 1.165) is 6.42 Å². The third-order valence-corrected chi connectivity index (χ3v) is 5.15. The lowest BCUT2D eigenvalue weighted by Crippen LogP contribution is -2.41. The van der Waals surface area contributed by atoms with Crippen molar-refractivity contribution in [2.45, 2.75) is 45.1 Å². The summed E-state index contributed by atoms with van der Waals surface area (Å²) in [5.41, 5.74) is 0.608. The van der Waals surface area contributed by atoms with Crippen LogP contribution in [0.4, 0.5) is 5.69 Å². The zero-order chi connectivity index (χ0) is 17.2. The Morgan fingerprint density at radius 3 is 2.74 bits per heavy atom. The minimum Gasteiger partial charge on any atom is -0.487 e. The molecule has 1 aromatic rings. The Kier molecular flexibility index (Phi) is 5.31. The number of ether oxygens (including phenoxy) is 1. The molecule has 7 heteroatoms. The molecule has 0 bridgehead atoms. The number of rotatable bonds is 5. The summed E-state index contributed by atoms with van der Waals surface area (Å²) >= 11 is 0. The van der Waals surface area contributed by atoms with Crippen LogP contribution in [0.1, 0.15) is 34.1 Å². The van der Waals surface area contributed by atoms with E-state index in [1.54, 1.807) is 11.0 Å². The van der Waals surface area contributed by atoms with Crippen molar-refractivity contribution in [3.05, 3.63) is 18.2 Å². The molecule has 0 spiro atoms. The van der Waals surface area contributed by atoms with Crippen LogP contribution < -0.4 is 14.4 Å². The van der Waals surface area contributed by atoms with Crippen molar-refractivity contribution in [2.24, 2.45) is 5.92 Å². The maximum absolute atomic E-state index is 12.3. The van der Waals surface area contributed by atoms with E-state index < -0.39 is 10.0 Å². The van der Waals surface area contributed by atoms with Gasteiger partial charge < -0.3 is 9.64 Å². The highest BCUT2D eigenvalue weighted by Crippen LogP contribution is 2.35. The highest BCUT2D eigenvalue weighted by atomic mass is 32.2. The van der Waals surface area contributed by atoms with Crippen molar-refractivity contribution in [2.75, 3.05) is 18.0 Å². The van der Waals surface area contributed by atoms with E-state index in [-0.39, 0.29) is 16.9 Å². The van der Waals surface area contributed by atoms with E-state index in [0.29, 0.717) is 30.4 Å². The molecule has 1 heterocycles. The number of hydrogen-bond donors (Lipinski definition) is 1. The van der Waals surface area contributed by atoms with Gasteiger partial charge >= 0.3 is 0 Å². The number of carbonyl (C=O) groups is 1. The van der Waals surface area contributed by atoms with E-state index in [2.05, 4.69) is 4.72 Å². The topological polar surface area (TPSA) is 75.7 Å². The average Bonchev–Trinajstić information content (AvgIpc) is 2.44. The molecule has 6 nitrogen and oxygen atoms in total. The van der Waals surface area contributed by atoms with Gasteiger partial charge in [-0.1, -0.05) is 13.8 Å². The SMILES string of the molecule is CC(=O)N1CC(C)Oc2cc(S(=O)(=O)NCCC(C)C)ccc21. The van der Waals surface area contributed by atoms with Crippen LogP contribution in [0.15, 0.2) is 23.1 Å². The number of benzene rings is 1. The van der Waals surface area contributed by atoms with Crippen LogP contribution in [0.25, 0.3) is 0 Å². The number of fused-ring (bicyclic) bond motifs is 1. The average molecular weight is 340 g/mol. The molecule has 0 fully saturated rings. The van der Waals surface area contributed by atoms with Crippen LogP contribution in [-0.4, -0.2) is 33.5 Å². The van der Waals surface area contributed by atoms with Crippen molar-refractivity contribution in [3.8, 4) is 5.75 Å². The first kappa shape index (κ1) is 17.7. The predicted molar refractivity (Wildman–Crippen MR) is 89.2 cm³/mol. The van der Waals surface area contributed by atoms with Gasteiger partial charge in [-0.15, -0.1) is 0 Å². The molecule has 0 aliphatic carbocycles. The molecule has 0 saturated heterocycles. The number of hydrogen-bond acceptors (Lipinski definition) is 4. The highest BCUT2D eigenvalue weighted by Gasteiger charge is 2.27. The lowest BCUT2D eigenvalue weighted by atomic mass is 10.1. The fourth-order valence-electron chi connectivity index (χ4n) is 2.45. The summed E-state index contributed by atoms with van der Waals surface area (Å²) in [5, 5.41) is 0. The number of nitrogens with zero attached hydrogens (tertiary/aromatic N) is 1. The zero-order valence-corrected chi connectivity index (χ0v) is 14.8. The second-order valence-electron chi connectivity index (χ2n) is 6.27. The van der Waals surface area contributed by atoms with Gasteiger partial charge in [0.1, 0.15) is 11.9 Å². The Hall–Kier alpha value is -1.60. The second-order valence-corrected chi connectivity index (χ2v) is 8.03. The highest BCUT2D eigenvalue weighted by molar-refractivity contribution is 7.89. The molecule has 1 aliphatic rings. The molecular formula is C16H24N2O4S. The molecule has 1 aliphatic heterocycles. The van der Waals surface area contributed by atoms with Gasteiger partial charge in [0, 0.05) is 19.5 Å². The maximum Gasteiger partial charge on any atom is 0.240 e. The predicted octanol–water partition coefficient (Wildman–Crippen LogP) is 2.14. The van der Waals surface area contributed by atoms with Crippen LogP contribution >= 0.6 is 0 Å². The Morgan fingerprint density at radius 2 is 2.13 bits per heavy atom. The number of carbonyl (C=O) groups excluding carboxylic acids is 1. The van der Waals surface area contributed by atoms with Gasteiger partial charge in [-0.3, -0.25) is 4.79 Å². The molecule has 2 rings (SSSR count). The molecule has 1 atom stereocenters. The van der Waals surface area contributed by atoms with Crippen molar-refractivity contribution >= 4 is 21.6 Å². The van der Waals surface area contributed by atoms with Crippen LogP contribution in [0.3, 0.4) is 0 Å². The van der Waals surface area contributed by atoms with E-state index in [4.69, 9.17) is 4.74 Å². The molecule has 0 aromatic heterocycles. The fraction of sp³-hybridized carbons (Fsp3) is 0.562. The Labute approximate surface area is 137 Å². The van der Waals surface area contributed by atoms with Gasteiger partial charge in [-0.25, -0.2) is 13.1 Å². The maximum atomic E-state index is 12.3. The first-order valence-electron chi connectivity index (χ1n) is 7.79. The van der Waals surface area contributed by atoms with Crippen LogP contribution in [-0.2, 0) is 14.8 Å². The summed E-state index contributed by atoms with van der Waals surface area (Å²) in [7, 11) is -3.58. The number of amides is 1. The zero-order valence-electron chi connectivity index (χ0n) is 14.0. The van der Waals surface area contributed by atoms with Crippen molar-refractivity contribution in [3.63, 3.8) is 0 Å². The quantitative estimate of drug-likeness (QED) is 0.891. The summed E-state index contributed by atoms with van der Waals surface area (Å²) < 4.78 is 33.0. The molecule has 1 N–H and O–H groups in total. The third kappa shape index (κ3) is 4.23. The Bertz CT molecular complexity index is 685. The Balaban J connectivity index is 2.26. The molecule has 23 heavy (non-hydrogen) atoms. The van der Waals surface area contributed by atoms with Gasteiger partial charge in [0.15, 0.2) is 0 Å². The molecule has 0 saturated carbocycles. The number of sulfonamides is 1. The van der Waals surface area contributed by atoms with Crippen LogP contribution in [0.5, 0.6) is 5.75 Å². The van der Waals surface area contributed by atoms with Crippen molar-refractivity contribution < 1.29 is 17.9 Å². The summed E-state index contributed by atoms with van der Waals surface area (Å²) in [6.07, 6.45) is 0.591. The minimum atomic E-state index is -3.58. The minimum absolute atomic E-state index is 0.0907. The van der Waals surface area contributed by atoms with Gasteiger partial charge in [-0.05, 0) is 31.4 Å². The standard InChI is InChI=1S/C16H24N2O4S/c1-11(2)7-8-17-23(20,21)14-5-6-15-16(9-14)22-12(3)10-18(15)13(4)19/h5-6,9,11-12,17H,7-8,10H2,1-4H3. The van der Waals surface area contributed by atoms with Crippen LogP contribution in [0, 0.1) is 5.92 Å². The molecule has 128 valence electrons. The smallest absolute Gasteiger partial charge is 0.240 e. The third-order valence-electron chi connectivity index (χ3n) is 3.69. The van der Waals surface area contributed by atoms with E-state index >= 15 is 0 Å². The monoisotopic (exact) mass is 340 g/mol. The fourth-order valence-corrected chi connectivity index (χ4v) is 3.51. The summed E-state index contributed by atoms with van der Waals surface area (Å²) in [5.74, 6) is 0.757. The van der Waals surface area contributed by atoms with Crippen molar-refractivity contribution in [1.82, 2.24) is 4.72 Å². The lowest BCUT2D eigenvalue weighted by Gasteiger charge is -2.33. The summed E-state index contributed by atoms with van der Waals surface area (Å²) in [6, 6.07) is 4.62. The largest absolute Gasteiger partial charge is 0.487 e. The molecule has 1 aromatic carbocycles. The summed E-state index contributed by atoms with van der Waals surface area (Å²) in [6.45, 7) is 8.27. The lowest BCUT2D eigenvalue weighted by molar-refractivity contribution is -0.117. The molecular weight excluding hydrogens is 316 g/mol.